The fourth-order valence-corrected chi connectivity index (χ4v) is 3.37. The smallest absolute Gasteiger partial charge is 0.170 e. The Bertz CT molecular complexity index is 888. The summed E-state index contributed by atoms with van der Waals surface area (Å²) in [4.78, 5) is 5.03. The average Bonchev–Trinajstić information content (AvgIpc) is 3.04. The molecule has 0 aliphatic carbocycles. The van der Waals surface area contributed by atoms with E-state index in [2.05, 4.69) is 45.8 Å². The number of hydrogen-bond donors (Lipinski definition) is 0. The maximum absolute atomic E-state index is 8.41. The van der Waals surface area contributed by atoms with Gasteiger partial charge in [0.15, 0.2) is 6.29 Å². The summed E-state index contributed by atoms with van der Waals surface area (Å²) < 4.78 is 12.4. The zero-order valence-corrected chi connectivity index (χ0v) is 30.1. The monoisotopic (exact) mass is 631 g/mol. The van der Waals surface area contributed by atoms with Crippen molar-refractivity contribution in [3.63, 3.8) is 0 Å². The number of nitrogens with zero attached hydrogens (tertiary/aromatic N) is 4. The first-order valence-corrected chi connectivity index (χ1v) is 14.7. The number of hydrogen-bond acceptors (Lipinski definition) is 4. The Labute approximate surface area is 273 Å². The van der Waals surface area contributed by atoms with Crippen LogP contribution < -0.4 is 0 Å². The van der Waals surface area contributed by atoms with E-state index in [1.807, 2.05) is 125 Å². The minimum absolute atomic E-state index is 0. The Hall–Kier alpha value is -1.84. The molecule has 4 atom stereocenters. The molecule has 2 aromatic rings. The summed E-state index contributed by atoms with van der Waals surface area (Å²) in [6.45, 7) is 26.6. The molecule has 0 saturated carbocycles. The number of benzene rings is 2. The first-order valence-electron chi connectivity index (χ1n) is 14.7. The molecule has 3 rings (SSSR count). The van der Waals surface area contributed by atoms with E-state index < -0.39 is 6.29 Å². The predicted molar refractivity (Wildman–Crippen MR) is 171 cm³/mol. The van der Waals surface area contributed by atoms with Gasteiger partial charge in [0, 0.05) is 45.1 Å². The summed E-state index contributed by atoms with van der Waals surface area (Å²) in [7, 11) is 0. The van der Waals surface area contributed by atoms with Crippen LogP contribution in [0, 0.1) is 18.4 Å². The first-order chi connectivity index (χ1) is 19.2. The summed E-state index contributed by atoms with van der Waals surface area (Å²) in [5.74, 6) is 6.04. The van der Waals surface area contributed by atoms with E-state index >= 15 is 0 Å². The van der Waals surface area contributed by atoms with Crippen LogP contribution >= 0.6 is 0 Å². The van der Waals surface area contributed by atoms with Crippen molar-refractivity contribution >= 4 is 0 Å². The van der Waals surface area contributed by atoms with Gasteiger partial charge in [0.1, 0.15) is 0 Å². The Balaban J connectivity index is -0.000000325. The minimum atomic E-state index is -0.470. The van der Waals surface area contributed by atoms with E-state index in [9.17, 15) is 0 Å². The van der Waals surface area contributed by atoms with Gasteiger partial charge in [-0.3, -0.25) is 4.90 Å². The second kappa shape index (κ2) is 33.4. The minimum Gasteiger partial charge on any atom is -0.386 e. The van der Waals surface area contributed by atoms with Crippen LogP contribution in [0.25, 0.3) is 10.4 Å². The third-order valence-electron chi connectivity index (χ3n) is 5.04. The number of ether oxygens (including phenoxy) is 2. The van der Waals surface area contributed by atoms with Gasteiger partial charge in [-0.05, 0) is 24.9 Å². The third kappa shape index (κ3) is 17.8. The van der Waals surface area contributed by atoms with Crippen LogP contribution in [0.1, 0.15) is 102 Å². The standard InChI is InChI=1S/C23H25N4O2.5C2H6.Y.H2/c1-18-19(2)29-23(28-17-20-11-5-3-6-12-20)22(21-13-7-4-8-14-21)27(18)16-10-9-15-25-26-24;5*1-2;;/h3-8,11-14,17-19,22-23H,15-16H2,1-2H3;5*1-2H3;;1H/q-1;;;;;;;/i;;;;;;;1+1. The molecule has 225 valence electrons. The van der Waals surface area contributed by atoms with E-state index in [0.29, 0.717) is 6.54 Å². The number of morpholine rings is 1. The van der Waals surface area contributed by atoms with Crippen molar-refractivity contribution < 1.29 is 43.6 Å². The van der Waals surface area contributed by atoms with Gasteiger partial charge in [0.05, 0.1) is 25.2 Å². The maximum atomic E-state index is 8.41. The van der Waals surface area contributed by atoms with Gasteiger partial charge >= 0.3 is 0 Å². The van der Waals surface area contributed by atoms with Crippen molar-refractivity contribution in [2.24, 2.45) is 5.11 Å². The Kier molecular flexibility index (Phi) is 37.7. The van der Waals surface area contributed by atoms with Crippen molar-refractivity contribution in [1.82, 2.24) is 4.90 Å². The van der Waals surface area contributed by atoms with Crippen LogP contribution in [0.4, 0.5) is 0 Å². The number of rotatable bonds is 6. The van der Waals surface area contributed by atoms with Gasteiger partial charge in [0.25, 0.3) is 0 Å². The molecule has 40 heavy (non-hydrogen) atoms. The third-order valence-corrected chi connectivity index (χ3v) is 5.04. The summed E-state index contributed by atoms with van der Waals surface area (Å²) in [5.41, 5.74) is 10.5. The molecule has 6 nitrogen and oxygen atoms in total. The van der Waals surface area contributed by atoms with Gasteiger partial charge in [0.2, 0.25) is 0 Å². The second-order valence-electron chi connectivity index (χ2n) is 6.89. The van der Waals surface area contributed by atoms with Crippen molar-refractivity contribution in [3.05, 3.63) is 88.8 Å². The van der Waals surface area contributed by atoms with Gasteiger partial charge in [-0.25, -0.2) is 0 Å². The summed E-state index contributed by atoms with van der Waals surface area (Å²) in [6.07, 6.45) is -0.495. The van der Waals surface area contributed by atoms with E-state index in [1.54, 1.807) is 6.61 Å². The van der Waals surface area contributed by atoms with Crippen molar-refractivity contribution in [3.8, 4) is 11.8 Å². The quantitative estimate of drug-likeness (QED) is 0.105. The fourth-order valence-electron chi connectivity index (χ4n) is 3.37. The topological polar surface area (TPSA) is 70.5 Å². The molecule has 1 fully saturated rings. The van der Waals surface area contributed by atoms with Gasteiger partial charge < -0.3 is 9.47 Å². The van der Waals surface area contributed by atoms with Crippen LogP contribution in [0.15, 0.2) is 65.8 Å². The molecule has 1 aliphatic heterocycles. The molecule has 7 heteroatoms. The first kappa shape index (κ1) is 45.2. The molecular formula is C33H57N4O2Y-. The van der Waals surface area contributed by atoms with Gasteiger partial charge in [-0.15, -0.1) is 12.1 Å². The van der Waals surface area contributed by atoms with Crippen molar-refractivity contribution in [2.75, 3.05) is 13.1 Å². The SMILES string of the molecule is CC.CC.CC.CC.CC.CC1OC(O[CH-]c2ccccc2)C(c2ccccc2)N(CC#CCN=[N+]=[N-])C1C.[2HH].[Y]. The van der Waals surface area contributed by atoms with E-state index in [4.69, 9.17) is 15.0 Å². The van der Waals surface area contributed by atoms with Crippen LogP contribution in [0.3, 0.4) is 0 Å². The molecule has 0 N–H and O–H groups in total. The molecule has 0 aromatic heterocycles. The summed E-state index contributed by atoms with van der Waals surface area (Å²) in [5, 5.41) is 3.48. The molecule has 0 amide bonds. The fraction of sp³-hybridized carbons (Fsp3) is 0.545. The molecule has 4 unspecified atom stereocenters. The molecule has 1 radical (unpaired) electrons. The zero-order valence-electron chi connectivity index (χ0n) is 27.3. The second-order valence-corrected chi connectivity index (χ2v) is 6.89. The molecular weight excluding hydrogens is 573 g/mol. The largest absolute Gasteiger partial charge is 0.386 e. The van der Waals surface area contributed by atoms with Crippen LogP contribution in [-0.4, -0.2) is 36.4 Å². The summed E-state index contributed by atoms with van der Waals surface area (Å²) >= 11 is 0. The van der Waals surface area contributed by atoms with Gasteiger partial charge in [-0.1, -0.05) is 129 Å². The Morgan fingerprint density at radius 3 is 1.88 bits per heavy atom. The average molecular weight is 632 g/mol. The van der Waals surface area contributed by atoms with E-state index in [0.717, 1.165) is 11.1 Å². The normalized spacial score (nSPS) is 18.2. The maximum Gasteiger partial charge on any atom is 0.170 e. The molecule has 1 saturated heterocycles. The molecule has 0 bridgehead atoms. The Morgan fingerprint density at radius 2 is 1.38 bits per heavy atom. The number of azide groups is 1. The molecule has 1 aliphatic rings. The van der Waals surface area contributed by atoms with Crippen molar-refractivity contribution in [2.45, 2.75) is 108 Å². The van der Waals surface area contributed by atoms with Crippen LogP contribution in [-0.2, 0) is 42.2 Å². The van der Waals surface area contributed by atoms with E-state index in [-0.39, 0.29) is 58.9 Å². The van der Waals surface area contributed by atoms with Crippen LogP contribution in [0.5, 0.6) is 0 Å². The predicted octanol–water partition coefficient (Wildman–Crippen LogP) is 10.1. The van der Waals surface area contributed by atoms with E-state index in [1.165, 1.54) is 0 Å². The molecule has 1 heterocycles. The van der Waals surface area contributed by atoms with Gasteiger partial charge in [-0.2, -0.15) is 17.7 Å². The Morgan fingerprint density at radius 1 is 0.875 bits per heavy atom. The van der Waals surface area contributed by atoms with Crippen molar-refractivity contribution in [1.29, 1.82) is 0 Å². The summed E-state index contributed by atoms with van der Waals surface area (Å²) in [6, 6.07) is 20.1. The molecule has 0 spiro atoms. The zero-order chi connectivity index (χ0) is 30.5. The van der Waals surface area contributed by atoms with Crippen LogP contribution in [0.2, 0.25) is 0 Å². The molecule has 2 aromatic carbocycles.